The molecule has 2 N–H and O–H groups in total. The maximum absolute atomic E-state index is 11.8. The van der Waals surface area contributed by atoms with E-state index in [-0.39, 0.29) is 12.1 Å². The van der Waals surface area contributed by atoms with Crippen LogP contribution >= 0.6 is 0 Å². The Morgan fingerprint density at radius 2 is 1.90 bits per heavy atom. The fraction of sp³-hybridized carbons (Fsp3) is 0.562. The molecule has 0 bridgehead atoms. The van der Waals surface area contributed by atoms with Crippen LogP contribution in [-0.4, -0.2) is 25.8 Å². The summed E-state index contributed by atoms with van der Waals surface area (Å²) in [5.41, 5.74) is 3.56. The van der Waals surface area contributed by atoms with E-state index in [1.807, 2.05) is 13.8 Å². The first kappa shape index (κ1) is 16.5. The second-order valence-electron chi connectivity index (χ2n) is 5.09. The van der Waals surface area contributed by atoms with Crippen LogP contribution in [0.3, 0.4) is 0 Å². The highest BCUT2D eigenvalue weighted by Gasteiger charge is 2.09. The van der Waals surface area contributed by atoms with E-state index in [0.29, 0.717) is 13.2 Å². The van der Waals surface area contributed by atoms with Crippen molar-refractivity contribution in [3.05, 3.63) is 34.9 Å². The van der Waals surface area contributed by atoms with Crippen LogP contribution < -0.4 is 10.6 Å². The Morgan fingerprint density at radius 3 is 2.50 bits per heavy atom. The highest BCUT2D eigenvalue weighted by atomic mass is 16.5. The zero-order valence-corrected chi connectivity index (χ0v) is 13.0. The molecule has 0 fully saturated rings. The molecule has 2 amide bonds. The van der Waals surface area contributed by atoms with Gasteiger partial charge in [0, 0.05) is 19.8 Å². The number of aryl methyl sites for hydroxylation is 2. The van der Waals surface area contributed by atoms with Crippen LogP contribution in [0.1, 0.15) is 43.0 Å². The molecule has 1 atom stereocenters. The number of ether oxygens (including phenoxy) is 1. The van der Waals surface area contributed by atoms with Gasteiger partial charge in [0.25, 0.3) is 0 Å². The molecule has 0 aromatic heterocycles. The van der Waals surface area contributed by atoms with Crippen LogP contribution in [0.5, 0.6) is 0 Å². The number of rotatable bonds is 7. The minimum atomic E-state index is -0.131. The number of nitrogens with one attached hydrogen (secondary N) is 2. The van der Waals surface area contributed by atoms with Gasteiger partial charge in [-0.3, -0.25) is 0 Å². The summed E-state index contributed by atoms with van der Waals surface area (Å²) in [6.45, 7) is 10.1. The first-order valence-electron chi connectivity index (χ1n) is 7.23. The second-order valence-corrected chi connectivity index (χ2v) is 5.09. The third-order valence-corrected chi connectivity index (χ3v) is 3.05. The average Bonchev–Trinajstić information content (AvgIpc) is 2.37. The number of hydrogen-bond donors (Lipinski definition) is 2. The van der Waals surface area contributed by atoms with Crippen molar-refractivity contribution < 1.29 is 9.53 Å². The number of amides is 2. The van der Waals surface area contributed by atoms with Crippen LogP contribution in [0.2, 0.25) is 0 Å². The summed E-state index contributed by atoms with van der Waals surface area (Å²) < 4.78 is 5.22. The number of carbonyl (C=O) groups excluding carboxylic acids is 1. The van der Waals surface area contributed by atoms with Gasteiger partial charge in [0.05, 0.1) is 6.04 Å². The smallest absolute Gasteiger partial charge is 0.315 e. The summed E-state index contributed by atoms with van der Waals surface area (Å²) in [6, 6.07) is 6.21. The molecule has 1 aromatic carbocycles. The normalized spacial score (nSPS) is 12.0. The molecule has 0 spiro atoms. The van der Waals surface area contributed by atoms with Gasteiger partial charge in [0.2, 0.25) is 0 Å². The van der Waals surface area contributed by atoms with E-state index in [1.165, 1.54) is 11.1 Å². The third-order valence-electron chi connectivity index (χ3n) is 3.05. The molecule has 1 aromatic rings. The van der Waals surface area contributed by atoms with Crippen molar-refractivity contribution in [2.75, 3.05) is 19.8 Å². The molecule has 1 rings (SSSR count). The molecule has 0 saturated carbocycles. The molecule has 0 radical (unpaired) electrons. The van der Waals surface area contributed by atoms with Crippen molar-refractivity contribution in [1.29, 1.82) is 0 Å². The van der Waals surface area contributed by atoms with E-state index in [4.69, 9.17) is 4.74 Å². The van der Waals surface area contributed by atoms with Gasteiger partial charge in [0.1, 0.15) is 0 Å². The van der Waals surface area contributed by atoms with Gasteiger partial charge >= 0.3 is 6.03 Å². The Kier molecular flexibility index (Phi) is 7.09. The predicted octanol–water partition coefficient (Wildman–Crippen LogP) is 3.09. The molecular weight excluding hydrogens is 252 g/mol. The molecule has 0 saturated heterocycles. The summed E-state index contributed by atoms with van der Waals surface area (Å²) in [6.07, 6.45) is 0.833. The minimum absolute atomic E-state index is 0.000455. The Morgan fingerprint density at radius 1 is 1.25 bits per heavy atom. The summed E-state index contributed by atoms with van der Waals surface area (Å²) in [5, 5.41) is 5.79. The van der Waals surface area contributed by atoms with E-state index >= 15 is 0 Å². The number of carbonyl (C=O) groups is 1. The molecule has 1 unspecified atom stereocenters. The van der Waals surface area contributed by atoms with Crippen molar-refractivity contribution in [2.45, 2.75) is 40.2 Å². The minimum Gasteiger partial charge on any atom is -0.382 e. The molecule has 20 heavy (non-hydrogen) atoms. The second kappa shape index (κ2) is 8.59. The Labute approximate surface area is 121 Å². The largest absolute Gasteiger partial charge is 0.382 e. The first-order chi connectivity index (χ1) is 9.52. The van der Waals surface area contributed by atoms with Crippen LogP contribution in [-0.2, 0) is 4.74 Å². The van der Waals surface area contributed by atoms with Crippen molar-refractivity contribution in [3.8, 4) is 0 Å². The van der Waals surface area contributed by atoms with E-state index in [2.05, 4.69) is 42.7 Å². The maximum Gasteiger partial charge on any atom is 0.315 e. The van der Waals surface area contributed by atoms with Gasteiger partial charge in [-0.2, -0.15) is 0 Å². The quantitative estimate of drug-likeness (QED) is 0.753. The predicted molar refractivity (Wildman–Crippen MR) is 82.0 cm³/mol. The summed E-state index contributed by atoms with van der Waals surface area (Å²) in [7, 11) is 0. The maximum atomic E-state index is 11.8. The lowest BCUT2D eigenvalue weighted by Crippen LogP contribution is -2.37. The molecule has 4 heteroatoms. The average molecular weight is 278 g/mol. The van der Waals surface area contributed by atoms with Crippen molar-refractivity contribution in [3.63, 3.8) is 0 Å². The molecule has 4 nitrogen and oxygen atoms in total. The number of hydrogen-bond acceptors (Lipinski definition) is 2. The summed E-state index contributed by atoms with van der Waals surface area (Å²) >= 11 is 0. The van der Waals surface area contributed by atoms with Crippen LogP contribution in [0.15, 0.2) is 18.2 Å². The monoisotopic (exact) mass is 278 g/mol. The van der Waals surface area contributed by atoms with E-state index < -0.39 is 0 Å². The van der Waals surface area contributed by atoms with Crippen molar-refractivity contribution in [1.82, 2.24) is 10.6 Å². The lowest BCUT2D eigenvalue weighted by atomic mass is 10.0. The molecular formula is C16H26N2O2. The van der Waals surface area contributed by atoms with Gasteiger partial charge in [-0.1, -0.05) is 29.3 Å². The van der Waals surface area contributed by atoms with Crippen molar-refractivity contribution >= 4 is 6.03 Å². The lowest BCUT2D eigenvalue weighted by Gasteiger charge is -2.16. The van der Waals surface area contributed by atoms with Gasteiger partial charge in [-0.15, -0.1) is 0 Å². The summed E-state index contributed by atoms with van der Waals surface area (Å²) in [4.78, 5) is 11.8. The molecule has 0 aliphatic rings. The highest BCUT2D eigenvalue weighted by molar-refractivity contribution is 5.74. The highest BCUT2D eigenvalue weighted by Crippen LogP contribution is 2.16. The number of urea groups is 1. The topological polar surface area (TPSA) is 50.4 Å². The van der Waals surface area contributed by atoms with Crippen LogP contribution in [0.25, 0.3) is 0 Å². The number of benzene rings is 1. The SMILES string of the molecule is CCOCCCNC(=O)NC(C)c1cc(C)cc(C)c1. The van der Waals surface area contributed by atoms with Gasteiger partial charge in [-0.05, 0) is 39.7 Å². The fourth-order valence-corrected chi connectivity index (χ4v) is 2.11. The molecule has 0 heterocycles. The van der Waals surface area contributed by atoms with Gasteiger partial charge in [-0.25, -0.2) is 4.79 Å². The first-order valence-corrected chi connectivity index (χ1v) is 7.23. The Balaban J connectivity index is 2.37. The molecule has 0 aliphatic heterocycles. The van der Waals surface area contributed by atoms with E-state index in [0.717, 1.165) is 18.6 Å². The molecule has 0 aliphatic carbocycles. The van der Waals surface area contributed by atoms with E-state index in [9.17, 15) is 4.79 Å². The standard InChI is InChI=1S/C16H26N2O2/c1-5-20-8-6-7-17-16(19)18-14(4)15-10-12(2)9-13(3)11-15/h9-11,14H,5-8H2,1-4H3,(H2,17,18,19). The zero-order chi connectivity index (χ0) is 15.0. The molecule has 112 valence electrons. The van der Waals surface area contributed by atoms with Crippen molar-refractivity contribution in [2.24, 2.45) is 0 Å². The Bertz CT molecular complexity index is 412. The van der Waals surface area contributed by atoms with Crippen LogP contribution in [0.4, 0.5) is 4.79 Å². The van der Waals surface area contributed by atoms with Gasteiger partial charge < -0.3 is 15.4 Å². The van der Waals surface area contributed by atoms with E-state index in [1.54, 1.807) is 0 Å². The van der Waals surface area contributed by atoms with Crippen LogP contribution in [0, 0.1) is 13.8 Å². The lowest BCUT2D eigenvalue weighted by molar-refractivity contribution is 0.145. The van der Waals surface area contributed by atoms with Gasteiger partial charge in [0.15, 0.2) is 0 Å². The summed E-state index contributed by atoms with van der Waals surface area (Å²) in [5.74, 6) is 0. The third kappa shape index (κ3) is 6.06. The zero-order valence-electron chi connectivity index (χ0n) is 13.0. The Hall–Kier alpha value is -1.55. The fourth-order valence-electron chi connectivity index (χ4n) is 2.11.